The molecule has 0 saturated carbocycles. The molecule has 0 aromatic carbocycles. The highest BCUT2D eigenvalue weighted by Gasteiger charge is 2.19. The van der Waals surface area contributed by atoms with Crippen molar-refractivity contribution in [3.63, 3.8) is 0 Å². The molecular formula is C10H21N3O. The molecule has 0 aromatic heterocycles. The maximum atomic E-state index is 11.6. The van der Waals surface area contributed by atoms with Crippen LogP contribution in [0.4, 0.5) is 0 Å². The van der Waals surface area contributed by atoms with Crippen molar-refractivity contribution in [1.29, 1.82) is 0 Å². The summed E-state index contributed by atoms with van der Waals surface area (Å²) in [4.78, 5) is 15.6. The van der Waals surface area contributed by atoms with Crippen LogP contribution in [0.15, 0.2) is 0 Å². The standard InChI is InChI=1S/C10H21N3O/c1-9(11-2)7-13-6-4-5-12(3)10(14)8-13/h9,11H,4-8H2,1-3H3. The summed E-state index contributed by atoms with van der Waals surface area (Å²) in [6.45, 7) is 5.59. The molecule has 1 unspecified atom stereocenters. The van der Waals surface area contributed by atoms with Gasteiger partial charge >= 0.3 is 0 Å². The van der Waals surface area contributed by atoms with Crippen molar-refractivity contribution >= 4 is 5.91 Å². The van der Waals surface area contributed by atoms with E-state index in [9.17, 15) is 4.79 Å². The van der Waals surface area contributed by atoms with Crippen molar-refractivity contribution in [3.8, 4) is 0 Å². The Morgan fingerprint density at radius 1 is 1.50 bits per heavy atom. The first kappa shape index (κ1) is 11.5. The van der Waals surface area contributed by atoms with Crippen LogP contribution in [0.5, 0.6) is 0 Å². The van der Waals surface area contributed by atoms with E-state index in [4.69, 9.17) is 0 Å². The molecule has 1 N–H and O–H groups in total. The Kier molecular flexibility index (Phi) is 4.35. The normalized spacial score (nSPS) is 22.2. The summed E-state index contributed by atoms with van der Waals surface area (Å²) < 4.78 is 0. The van der Waals surface area contributed by atoms with Gasteiger partial charge in [0.05, 0.1) is 6.54 Å². The van der Waals surface area contributed by atoms with Gasteiger partial charge < -0.3 is 10.2 Å². The highest BCUT2D eigenvalue weighted by atomic mass is 16.2. The first-order valence-electron chi connectivity index (χ1n) is 5.27. The maximum absolute atomic E-state index is 11.6. The molecule has 14 heavy (non-hydrogen) atoms. The summed E-state index contributed by atoms with van der Waals surface area (Å²) in [5, 5.41) is 3.19. The van der Waals surface area contributed by atoms with Gasteiger partial charge in [0.2, 0.25) is 5.91 Å². The first-order valence-corrected chi connectivity index (χ1v) is 5.27. The summed E-state index contributed by atoms with van der Waals surface area (Å²) in [7, 11) is 3.84. The van der Waals surface area contributed by atoms with Crippen molar-refractivity contribution in [3.05, 3.63) is 0 Å². The van der Waals surface area contributed by atoms with E-state index in [-0.39, 0.29) is 5.91 Å². The Balaban J connectivity index is 2.42. The molecule has 1 atom stereocenters. The van der Waals surface area contributed by atoms with Gasteiger partial charge in [-0.3, -0.25) is 9.69 Å². The Labute approximate surface area is 86.2 Å². The molecule has 1 amide bonds. The molecule has 1 rings (SSSR count). The number of carbonyl (C=O) groups excluding carboxylic acids is 1. The van der Waals surface area contributed by atoms with E-state index in [1.54, 1.807) is 0 Å². The Morgan fingerprint density at radius 3 is 2.86 bits per heavy atom. The van der Waals surface area contributed by atoms with Crippen molar-refractivity contribution in [1.82, 2.24) is 15.1 Å². The second kappa shape index (κ2) is 5.32. The predicted molar refractivity (Wildman–Crippen MR) is 57.2 cm³/mol. The minimum atomic E-state index is 0.241. The average molecular weight is 199 g/mol. The van der Waals surface area contributed by atoms with Crippen LogP contribution in [-0.4, -0.2) is 62.0 Å². The molecule has 0 bridgehead atoms. The van der Waals surface area contributed by atoms with E-state index < -0.39 is 0 Å². The second-order valence-corrected chi connectivity index (χ2v) is 4.09. The number of rotatable bonds is 3. The number of hydrogen-bond donors (Lipinski definition) is 1. The van der Waals surface area contributed by atoms with Gasteiger partial charge in [0.1, 0.15) is 0 Å². The third-order valence-corrected chi connectivity index (χ3v) is 2.78. The Hall–Kier alpha value is -0.610. The fourth-order valence-corrected chi connectivity index (χ4v) is 1.68. The van der Waals surface area contributed by atoms with Crippen molar-refractivity contribution in [2.75, 3.05) is 40.3 Å². The third kappa shape index (κ3) is 3.27. The quantitative estimate of drug-likeness (QED) is 0.681. The molecule has 82 valence electrons. The molecule has 0 radical (unpaired) electrons. The van der Waals surface area contributed by atoms with Gasteiger partial charge in [0.25, 0.3) is 0 Å². The first-order chi connectivity index (χ1) is 6.63. The molecule has 1 heterocycles. The highest BCUT2D eigenvalue weighted by Crippen LogP contribution is 2.02. The Bertz CT molecular complexity index is 196. The van der Waals surface area contributed by atoms with E-state index in [2.05, 4.69) is 17.1 Å². The van der Waals surface area contributed by atoms with E-state index >= 15 is 0 Å². The number of nitrogens with zero attached hydrogens (tertiary/aromatic N) is 2. The summed E-state index contributed by atoms with van der Waals surface area (Å²) in [5.41, 5.74) is 0. The molecule has 1 aliphatic heterocycles. The fraction of sp³-hybridized carbons (Fsp3) is 0.900. The molecule has 4 nitrogen and oxygen atoms in total. The van der Waals surface area contributed by atoms with Crippen LogP contribution in [0.3, 0.4) is 0 Å². The van der Waals surface area contributed by atoms with Crippen LogP contribution < -0.4 is 5.32 Å². The van der Waals surface area contributed by atoms with Gasteiger partial charge in [-0.25, -0.2) is 0 Å². The van der Waals surface area contributed by atoms with E-state index in [0.29, 0.717) is 12.6 Å². The summed E-state index contributed by atoms with van der Waals surface area (Å²) in [6.07, 6.45) is 1.08. The van der Waals surface area contributed by atoms with Gasteiger partial charge in [-0.05, 0) is 20.4 Å². The predicted octanol–water partition coefficient (Wildman–Crippen LogP) is -0.242. The van der Waals surface area contributed by atoms with Gasteiger partial charge in [-0.1, -0.05) is 0 Å². The van der Waals surface area contributed by atoms with Crippen molar-refractivity contribution in [2.24, 2.45) is 0 Å². The van der Waals surface area contributed by atoms with Gasteiger partial charge in [-0.15, -0.1) is 0 Å². The van der Waals surface area contributed by atoms with Crippen molar-refractivity contribution in [2.45, 2.75) is 19.4 Å². The number of amides is 1. The summed E-state index contributed by atoms with van der Waals surface area (Å²) in [5.74, 6) is 0.241. The number of hydrogen-bond acceptors (Lipinski definition) is 3. The van der Waals surface area contributed by atoms with Crippen LogP contribution in [0.25, 0.3) is 0 Å². The summed E-state index contributed by atoms with van der Waals surface area (Å²) >= 11 is 0. The molecule has 0 aromatic rings. The lowest BCUT2D eigenvalue weighted by atomic mass is 10.3. The third-order valence-electron chi connectivity index (χ3n) is 2.78. The second-order valence-electron chi connectivity index (χ2n) is 4.09. The lowest BCUT2D eigenvalue weighted by Gasteiger charge is -2.22. The SMILES string of the molecule is CNC(C)CN1CCCN(C)C(=O)C1. The summed E-state index contributed by atoms with van der Waals surface area (Å²) in [6, 6.07) is 0.450. The van der Waals surface area contributed by atoms with Gasteiger partial charge in [0, 0.05) is 32.7 Å². The highest BCUT2D eigenvalue weighted by molar-refractivity contribution is 5.78. The van der Waals surface area contributed by atoms with Crippen LogP contribution >= 0.6 is 0 Å². The molecule has 1 saturated heterocycles. The van der Waals surface area contributed by atoms with Crippen LogP contribution in [-0.2, 0) is 4.79 Å². The van der Waals surface area contributed by atoms with E-state index in [0.717, 1.165) is 26.1 Å². The number of nitrogens with one attached hydrogen (secondary N) is 1. The zero-order valence-corrected chi connectivity index (χ0v) is 9.42. The van der Waals surface area contributed by atoms with E-state index in [1.807, 2.05) is 19.0 Å². The molecule has 1 fully saturated rings. The molecule has 1 aliphatic rings. The monoisotopic (exact) mass is 199 g/mol. The number of likely N-dealkylation sites (N-methyl/N-ethyl adjacent to an activating group) is 2. The maximum Gasteiger partial charge on any atom is 0.236 e. The Morgan fingerprint density at radius 2 is 2.21 bits per heavy atom. The molecule has 0 spiro atoms. The van der Waals surface area contributed by atoms with Crippen LogP contribution in [0.1, 0.15) is 13.3 Å². The topological polar surface area (TPSA) is 35.6 Å². The minimum Gasteiger partial charge on any atom is -0.345 e. The van der Waals surface area contributed by atoms with Crippen molar-refractivity contribution < 1.29 is 4.79 Å². The minimum absolute atomic E-state index is 0.241. The average Bonchev–Trinajstić information content (AvgIpc) is 2.30. The number of carbonyl (C=O) groups is 1. The fourth-order valence-electron chi connectivity index (χ4n) is 1.68. The molecule has 0 aliphatic carbocycles. The lowest BCUT2D eigenvalue weighted by Crippen LogP contribution is -2.41. The largest absolute Gasteiger partial charge is 0.345 e. The smallest absolute Gasteiger partial charge is 0.236 e. The lowest BCUT2D eigenvalue weighted by molar-refractivity contribution is -0.129. The molecule has 4 heteroatoms. The van der Waals surface area contributed by atoms with Crippen LogP contribution in [0.2, 0.25) is 0 Å². The zero-order chi connectivity index (χ0) is 10.6. The van der Waals surface area contributed by atoms with E-state index in [1.165, 1.54) is 0 Å². The zero-order valence-electron chi connectivity index (χ0n) is 9.42. The van der Waals surface area contributed by atoms with Crippen LogP contribution in [0, 0.1) is 0 Å². The van der Waals surface area contributed by atoms with Gasteiger partial charge in [0.15, 0.2) is 0 Å². The molecular weight excluding hydrogens is 178 g/mol. The van der Waals surface area contributed by atoms with Gasteiger partial charge in [-0.2, -0.15) is 0 Å².